The minimum absolute atomic E-state index is 0.116. The number of β-lactam (4-membered cyclic amide) rings is 1. The van der Waals surface area contributed by atoms with E-state index in [2.05, 4.69) is 5.16 Å². The number of phenolic OH excluding ortho intramolecular Hbond substituents is 1. The molecular weight excluding hydrogens is 402 g/mol. The van der Waals surface area contributed by atoms with Gasteiger partial charge in [-0.1, -0.05) is 29.4 Å². The van der Waals surface area contributed by atoms with E-state index in [9.17, 15) is 23.9 Å². The highest BCUT2D eigenvalue weighted by atomic mass is 19.1. The molecule has 3 aromatic carbocycles. The highest BCUT2D eigenvalue weighted by molar-refractivity contribution is 6.04. The van der Waals surface area contributed by atoms with Crippen LogP contribution in [0.5, 0.6) is 5.75 Å². The molecule has 5 nitrogen and oxygen atoms in total. The molecule has 0 aliphatic carbocycles. The second-order valence-corrected chi connectivity index (χ2v) is 7.42. The smallest absolute Gasteiger partial charge is 0.233 e. The summed E-state index contributed by atoms with van der Waals surface area (Å²) >= 11 is 0. The van der Waals surface area contributed by atoms with Crippen molar-refractivity contribution in [3.05, 3.63) is 95.6 Å². The first-order valence-electron chi connectivity index (χ1n) is 9.82. The number of hydrogen-bond acceptors (Lipinski definition) is 4. The van der Waals surface area contributed by atoms with Crippen LogP contribution in [-0.4, -0.2) is 21.9 Å². The Morgan fingerprint density at radius 2 is 1.48 bits per heavy atom. The second kappa shape index (κ2) is 8.55. The van der Waals surface area contributed by atoms with E-state index in [0.29, 0.717) is 29.8 Å². The number of phenols is 1. The van der Waals surface area contributed by atoms with Gasteiger partial charge in [-0.05, 0) is 72.5 Å². The lowest BCUT2D eigenvalue weighted by molar-refractivity contribution is -0.130. The first kappa shape index (κ1) is 20.5. The third kappa shape index (κ3) is 4.12. The van der Waals surface area contributed by atoms with Gasteiger partial charge in [-0.3, -0.25) is 4.79 Å². The molecule has 0 spiro atoms. The Morgan fingerprint density at radius 1 is 0.903 bits per heavy atom. The molecule has 1 aliphatic rings. The zero-order valence-corrected chi connectivity index (χ0v) is 16.5. The predicted octanol–water partition coefficient (Wildman–Crippen LogP) is 5.03. The van der Waals surface area contributed by atoms with Crippen molar-refractivity contribution in [1.29, 1.82) is 0 Å². The number of oxime groups is 1. The molecule has 7 heteroatoms. The molecule has 158 valence electrons. The van der Waals surface area contributed by atoms with Crippen molar-refractivity contribution in [3.63, 3.8) is 0 Å². The maximum atomic E-state index is 13.4. The Morgan fingerprint density at radius 3 is 2.06 bits per heavy atom. The van der Waals surface area contributed by atoms with Crippen molar-refractivity contribution in [2.75, 3.05) is 4.90 Å². The topological polar surface area (TPSA) is 73.1 Å². The SMILES string of the molecule is O=C1[C@H](CC/C(=N/O)c2ccc(F)cc2)[C@@H](c2ccc(O)cc2)N1c1ccc(F)cc1. The van der Waals surface area contributed by atoms with Crippen LogP contribution in [0, 0.1) is 17.6 Å². The van der Waals surface area contributed by atoms with Crippen LogP contribution in [0.2, 0.25) is 0 Å². The Balaban J connectivity index is 1.58. The molecule has 3 aromatic rings. The van der Waals surface area contributed by atoms with Crippen LogP contribution in [0.4, 0.5) is 14.5 Å². The number of hydrogen-bond donors (Lipinski definition) is 2. The van der Waals surface area contributed by atoms with Crippen LogP contribution in [0.1, 0.15) is 30.0 Å². The minimum Gasteiger partial charge on any atom is -0.508 e. The maximum Gasteiger partial charge on any atom is 0.233 e. The van der Waals surface area contributed by atoms with Gasteiger partial charge in [0, 0.05) is 5.69 Å². The average molecular weight is 422 g/mol. The molecule has 2 atom stereocenters. The van der Waals surface area contributed by atoms with E-state index in [4.69, 9.17) is 0 Å². The second-order valence-electron chi connectivity index (χ2n) is 7.42. The first-order valence-corrected chi connectivity index (χ1v) is 9.82. The molecule has 4 rings (SSSR count). The standard InChI is InChI=1S/C24H20F2N2O3/c25-17-5-1-15(2-6-17)22(27-31)14-13-21-23(16-3-11-20(29)12-4-16)28(24(21)30)19-9-7-18(26)8-10-19/h1-12,21,23,29,31H,13-14H2/b27-22-/t21-,23-/m1/s1. The monoisotopic (exact) mass is 422 g/mol. The Labute approximate surface area is 177 Å². The first-order chi connectivity index (χ1) is 15.0. The Hall–Kier alpha value is -3.74. The number of anilines is 1. The van der Waals surface area contributed by atoms with Crippen LogP contribution in [0.3, 0.4) is 0 Å². The van der Waals surface area contributed by atoms with E-state index < -0.39 is 17.6 Å². The van der Waals surface area contributed by atoms with Gasteiger partial charge in [0.05, 0.1) is 17.7 Å². The van der Waals surface area contributed by atoms with Gasteiger partial charge in [0.25, 0.3) is 0 Å². The molecule has 1 heterocycles. The van der Waals surface area contributed by atoms with Gasteiger partial charge in [0.15, 0.2) is 0 Å². The third-order valence-electron chi connectivity index (χ3n) is 5.54. The average Bonchev–Trinajstić information content (AvgIpc) is 2.78. The van der Waals surface area contributed by atoms with E-state index in [0.717, 1.165) is 5.56 Å². The molecule has 0 radical (unpaired) electrons. The number of nitrogens with zero attached hydrogens (tertiary/aromatic N) is 2. The molecule has 0 bridgehead atoms. The summed E-state index contributed by atoms with van der Waals surface area (Å²) in [5.74, 6) is -1.19. The summed E-state index contributed by atoms with van der Waals surface area (Å²) in [4.78, 5) is 14.6. The summed E-state index contributed by atoms with van der Waals surface area (Å²) in [7, 11) is 0. The van der Waals surface area contributed by atoms with E-state index in [-0.39, 0.29) is 17.7 Å². The lowest BCUT2D eigenvalue weighted by Crippen LogP contribution is -2.55. The summed E-state index contributed by atoms with van der Waals surface area (Å²) < 4.78 is 26.5. The van der Waals surface area contributed by atoms with E-state index in [1.807, 2.05) is 0 Å². The number of halogens is 2. The summed E-state index contributed by atoms with van der Waals surface area (Å²) in [6, 6.07) is 17.6. The van der Waals surface area contributed by atoms with Gasteiger partial charge in [-0.2, -0.15) is 0 Å². The fourth-order valence-electron chi connectivity index (χ4n) is 3.96. The van der Waals surface area contributed by atoms with Crippen molar-refractivity contribution in [2.45, 2.75) is 18.9 Å². The largest absolute Gasteiger partial charge is 0.508 e. The number of carbonyl (C=O) groups is 1. The molecule has 0 saturated carbocycles. The van der Waals surface area contributed by atoms with Crippen LogP contribution in [0.25, 0.3) is 0 Å². The third-order valence-corrected chi connectivity index (χ3v) is 5.54. The zero-order chi connectivity index (χ0) is 22.0. The predicted molar refractivity (Wildman–Crippen MR) is 112 cm³/mol. The zero-order valence-electron chi connectivity index (χ0n) is 16.5. The highest BCUT2D eigenvalue weighted by Crippen LogP contribution is 2.46. The van der Waals surface area contributed by atoms with Crippen LogP contribution >= 0.6 is 0 Å². The number of carbonyl (C=O) groups excluding carboxylic acids is 1. The molecule has 1 fully saturated rings. The molecule has 0 aromatic heterocycles. The Kier molecular flexibility index (Phi) is 5.66. The summed E-state index contributed by atoms with van der Waals surface area (Å²) in [6.45, 7) is 0. The van der Waals surface area contributed by atoms with Crippen molar-refractivity contribution < 1.29 is 23.9 Å². The lowest BCUT2D eigenvalue weighted by atomic mass is 9.78. The van der Waals surface area contributed by atoms with Crippen molar-refractivity contribution >= 4 is 17.3 Å². The van der Waals surface area contributed by atoms with E-state index in [1.165, 1.54) is 36.4 Å². The molecule has 0 unspecified atom stereocenters. The molecular formula is C24H20F2N2O3. The van der Waals surface area contributed by atoms with Crippen LogP contribution in [0.15, 0.2) is 78.0 Å². The van der Waals surface area contributed by atoms with Gasteiger partial charge in [-0.15, -0.1) is 0 Å². The van der Waals surface area contributed by atoms with Gasteiger partial charge in [0.1, 0.15) is 17.4 Å². The fourth-order valence-corrected chi connectivity index (χ4v) is 3.96. The van der Waals surface area contributed by atoms with Crippen LogP contribution < -0.4 is 4.90 Å². The van der Waals surface area contributed by atoms with Gasteiger partial charge in [0.2, 0.25) is 5.91 Å². The molecule has 2 N–H and O–H groups in total. The fraction of sp³-hybridized carbons (Fsp3) is 0.167. The molecule has 1 aliphatic heterocycles. The molecule has 1 saturated heterocycles. The number of amides is 1. The van der Waals surface area contributed by atoms with Crippen LogP contribution in [-0.2, 0) is 4.79 Å². The van der Waals surface area contributed by atoms with Crippen molar-refractivity contribution in [2.24, 2.45) is 11.1 Å². The number of aromatic hydroxyl groups is 1. The number of benzene rings is 3. The van der Waals surface area contributed by atoms with E-state index >= 15 is 0 Å². The summed E-state index contributed by atoms with van der Waals surface area (Å²) in [6.07, 6.45) is 0.712. The Bertz CT molecular complexity index is 1100. The maximum absolute atomic E-state index is 13.4. The van der Waals surface area contributed by atoms with Crippen molar-refractivity contribution in [3.8, 4) is 5.75 Å². The lowest BCUT2D eigenvalue weighted by Gasteiger charge is -2.47. The normalized spacial score (nSPS) is 18.7. The van der Waals surface area contributed by atoms with Gasteiger partial charge in [-0.25, -0.2) is 8.78 Å². The van der Waals surface area contributed by atoms with Gasteiger partial charge >= 0.3 is 0 Å². The molecule has 1 amide bonds. The highest BCUT2D eigenvalue weighted by Gasteiger charge is 2.48. The molecule has 31 heavy (non-hydrogen) atoms. The van der Waals surface area contributed by atoms with Gasteiger partial charge < -0.3 is 15.2 Å². The van der Waals surface area contributed by atoms with Crippen molar-refractivity contribution in [1.82, 2.24) is 0 Å². The summed E-state index contributed by atoms with van der Waals surface area (Å²) in [5.41, 5.74) is 2.34. The summed E-state index contributed by atoms with van der Waals surface area (Å²) in [5, 5.41) is 22.4. The minimum atomic E-state index is -0.396. The number of rotatable bonds is 6. The quantitative estimate of drug-likeness (QED) is 0.253. The van der Waals surface area contributed by atoms with E-state index in [1.54, 1.807) is 41.3 Å².